The lowest BCUT2D eigenvalue weighted by Gasteiger charge is -2.06. The average molecular weight is 266 g/mol. The van der Waals surface area contributed by atoms with Gasteiger partial charge in [-0.2, -0.15) is 0 Å². The minimum absolute atomic E-state index is 0.185. The Bertz CT molecular complexity index is 670. The second-order valence-electron chi connectivity index (χ2n) is 4.34. The van der Waals surface area contributed by atoms with Gasteiger partial charge < -0.3 is 9.72 Å². The van der Waals surface area contributed by atoms with Crippen molar-refractivity contribution in [1.82, 2.24) is 9.97 Å². The molecule has 0 aliphatic rings. The molecule has 0 spiro atoms. The van der Waals surface area contributed by atoms with Crippen LogP contribution in [0.2, 0.25) is 0 Å². The smallest absolute Gasteiger partial charge is 0.348 e. The van der Waals surface area contributed by atoms with Crippen molar-refractivity contribution >= 4 is 27.5 Å². The highest BCUT2D eigenvalue weighted by Crippen LogP contribution is 2.27. The van der Waals surface area contributed by atoms with E-state index in [2.05, 4.69) is 9.97 Å². The quantitative estimate of drug-likeness (QED) is 0.845. The number of ether oxygens (including phenoxy) is 1. The summed E-state index contributed by atoms with van der Waals surface area (Å²) in [7, 11) is 0. The molecule has 0 aliphatic carbocycles. The minimum atomic E-state index is -0.400. The second kappa shape index (κ2) is 4.53. The summed E-state index contributed by atoms with van der Waals surface area (Å²) in [5.74, 6) is 0.139. The van der Waals surface area contributed by atoms with Crippen molar-refractivity contribution < 1.29 is 9.53 Å². The van der Waals surface area contributed by atoms with E-state index in [9.17, 15) is 9.59 Å². The van der Waals surface area contributed by atoms with Gasteiger partial charge in [0.25, 0.3) is 5.56 Å². The Kier molecular flexibility index (Phi) is 3.21. The lowest BCUT2D eigenvalue weighted by atomic mass is 10.2. The first kappa shape index (κ1) is 12.8. The van der Waals surface area contributed by atoms with Gasteiger partial charge >= 0.3 is 5.97 Å². The number of esters is 1. The highest BCUT2D eigenvalue weighted by Gasteiger charge is 2.20. The summed E-state index contributed by atoms with van der Waals surface area (Å²) in [6, 6.07) is 0. The summed E-state index contributed by atoms with van der Waals surface area (Å²) in [5, 5.41) is 0.473. The van der Waals surface area contributed by atoms with E-state index < -0.39 is 5.97 Å². The molecule has 18 heavy (non-hydrogen) atoms. The van der Waals surface area contributed by atoms with E-state index in [0.717, 1.165) is 0 Å². The van der Waals surface area contributed by atoms with E-state index in [1.165, 1.54) is 11.3 Å². The molecule has 0 aliphatic heterocycles. The van der Waals surface area contributed by atoms with Crippen molar-refractivity contribution in [2.45, 2.75) is 33.8 Å². The molecule has 96 valence electrons. The molecule has 0 unspecified atom stereocenters. The zero-order valence-electron chi connectivity index (χ0n) is 10.7. The van der Waals surface area contributed by atoms with Gasteiger partial charge in [-0.25, -0.2) is 9.78 Å². The van der Waals surface area contributed by atoms with Gasteiger partial charge in [-0.05, 0) is 33.3 Å². The number of carbonyl (C=O) groups excluding carboxylic acids is 1. The van der Waals surface area contributed by atoms with Gasteiger partial charge in [-0.1, -0.05) is 0 Å². The molecule has 5 nitrogen and oxygen atoms in total. The molecular weight excluding hydrogens is 252 g/mol. The van der Waals surface area contributed by atoms with Crippen LogP contribution in [0, 0.1) is 13.8 Å². The van der Waals surface area contributed by atoms with Crippen molar-refractivity contribution in [2.75, 3.05) is 0 Å². The molecule has 6 heteroatoms. The van der Waals surface area contributed by atoms with Crippen LogP contribution in [0.5, 0.6) is 0 Å². The summed E-state index contributed by atoms with van der Waals surface area (Å²) < 4.78 is 5.15. The summed E-state index contributed by atoms with van der Waals surface area (Å²) in [6.07, 6.45) is -0.185. The number of H-pyrrole nitrogens is 1. The maximum Gasteiger partial charge on any atom is 0.348 e. The number of aromatic amines is 1. The van der Waals surface area contributed by atoms with Crippen LogP contribution in [0.25, 0.3) is 10.2 Å². The number of fused-ring (bicyclic) bond motifs is 1. The van der Waals surface area contributed by atoms with Crippen LogP contribution >= 0.6 is 11.3 Å². The maximum atomic E-state index is 11.9. The Morgan fingerprint density at radius 1 is 1.39 bits per heavy atom. The third-order valence-electron chi connectivity index (χ3n) is 2.45. The number of thiophene rings is 1. The average Bonchev–Trinajstić information content (AvgIpc) is 2.54. The van der Waals surface area contributed by atoms with Crippen molar-refractivity contribution in [3.8, 4) is 0 Å². The first-order valence-electron chi connectivity index (χ1n) is 5.61. The lowest BCUT2D eigenvalue weighted by Crippen LogP contribution is -2.12. The highest BCUT2D eigenvalue weighted by molar-refractivity contribution is 7.20. The lowest BCUT2D eigenvalue weighted by molar-refractivity contribution is 0.0383. The molecule has 0 atom stereocenters. The van der Waals surface area contributed by atoms with Crippen LogP contribution in [-0.2, 0) is 4.74 Å². The molecule has 0 saturated carbocycles. The van der Waals surface area contributed by atoms with E-state index in [4.69, 9.17) is 4.74 Å². The van der Waals surface area contributed by atoms with Gasteiger partial charge in [0.15, 0.2) is 0 Å². The van der Waals surface area contributed by atoms with Gasteiger partial charge in [-0.3, -0.25) is 4.79 Å². The molecule has 2 aromatic heterocycles. The van der Waals surface area contributed by atoms with Crippen molar-refractivity contribution in [2.24, 2.45) is 0 Å². The van der Waals surface area contributed by atoms with Crippen LogP contribution in [0.15, 0.2) is 4.79 Å². The summed E-state index contributed by atoms with van der Waals surface area (Å²) >= 11 is 1.20. The molecule has 0 aromatic carbocycles. The van der Waals surface area contributed by atoms with Crippen LogP contribution in [0.3, 0.4) is 0 Å². The number of aryl methyl sites for hydroxylation is 2. The molecule has 0 saturated heterocycles. The summed E-state index contributed by atoms with van der Waals surface area (Å²) in [6.45, 7) is 7.02. The molecule has 2 heterocycles. The SMILES string of the molecule is Cc1nc2sc(C(=O)OC(C)C)c(C)c2c(=O)[nH]1. The molecule has 0 amide bonds. The fourth-order valence-electron chi connectivity index (χ4n) is 1.71. The first-order chi connectivity index (χ1) is 8.40. The molecular formula is C12H14N2O3S. The number of carbonyl (C=O) groups is 1. The highest BCUT2D eigenvalue weighted by atomic mass is 32.1. The van der Waals surface area contributed by atoms with Gasteiger partial charge in [0, 0.05) is 0 Å². The fraction of sp³-hybridized carbons (Fsp3) is 0.417. The van der Waals surface area contributed by atoms with Crippen LogP contribution in [-0.4, -0.2) is 22.0 Å². The zero-order chi connectivity index (χ0) is 13.4. The minimum Gasteiger partial charge on any atom is -0.459 e. The Hall–Kier alpha value is -1.69. The monoisotopic (exact) mass is 266 g/mol. The van der Waals surface area contributed by atoms with Crippen molar-refractivity contribution in [3.63, 3.8) is 0 Å². The number of rotatable bonds is 2. The predicted octanol–water partition coefficient (Wildman–Crippen LogP) is 2.17. The van der Waals surface area contributed by atoms with Crippen LogP contribution in [0.4, 0.5) is 0 Å². The van der Waals surface area contributed by atoms with Crippen molar-refractivity contribution in [3.05, 3.63) is 26.6 Å². The van der Waals surface area contributed by atoms with E-state index in [0.29, 0.717) is 26.5 Å². The number of hydrogen-bond acceptors (Lipinski definition) is 5. The molecule has 0 radical (unpaired) electrons. The molecule has 2 aromatic rings. The standard InChI is InChI=1S/C12H14N2O3S/c1-5(2)17-12(16)9-6(3)8-10(15)13-7(4)14-11(8)18-9/h5H,1-4H3,(H,13,14,15). The molecule has 1 N–H and O–H groups in total. The van der Waals surface area contributed by atoms with Crippen molar-refractivity contribution in [1.29, 1.82) is 0 Å². The fourth-order valence-corrected chi connectivity index (χ4v) is 2.82. The van der Waals surface area contributed by atoms with E-state index in [1.54, 1.807) is 27.7 Å². The Morgan fingerprint density at radius 2 is 2.06 bits per heavy atom. The van der Waals surface area contributed by atoms with Crippen LogP contribution < -0.4 is 5.56 Å². The molecule has 0 fully saturated rings. The van der Waals surface area contributed by atoms with E-state index >= 15 is 0 Å². The topological polar surface area (TPSA) is 72.0 Å². The van der Waals surface area contributed by atoms with Gasteiger partial charge in [-0.15, -0.1) is 11.3 Å². The Balaban J connectivity index is 2.61. The van der Waals surface area contributed by atoms with E-state index in [1.807, 2.05) is 0 Å². The normalized spacial score (nSPS) is 11.2. The third-order valence-corrected chi connectivity index (χ3v) is 3.61. The molecule has 0 bridgehead atoms. The Morgan fingerprint density at radius 3 is 2.67 bits per heavy atom. The number of nitrogens with one attached hydrogen (secondary N) is 1. The predicted molar refractivity (Wildman–Crippen MR) is 70.3 cm³/mol. The summed E-state index contributed by atoms with van der Waals surface area (Å²) in [4.78, 5) is 31.6. The van der Waals surface area contributed by atoms with Crippen LogP contribution in [0.1, 0.15) is 34.9 Å². The number of nitrogens with zero attached hydrogens (tertiary/aromatic N) is 1. The zero-order valence-corrected chi connectivity index (χ0v) is 11.5. The molecule has 2 rings (SSSR count). The number of hydrogen-bond donors (Lipinski definition) is 1. The van der Waals surface area contributed by atoms with Gasteiger partial charge in [0.05, 0.1) is 11.5 Å². The van der Waals surface area contributed by atoms with E-state index in [-0.39, 0.29) is 11.7 Å². The second-order valence-corrected chi connectivity index (χ2v) is 5.34. The Labute approximate surface area is 108 Å². The van der Waals surface area contributed by atoms with Gasteiger partial charge in [0.1, 0.15) is 15.5 Å². The third kappa shape index (κ3) is 2.15. The maximum absolute atomic E-state index is 11.9. The van der Waals surface area contributed by atoms with Gasteiger partial charge in [0.2, 0.25) is 0 Å². The largest absolute Gasteiger partial charge is 0.459 e. The first-order valence-corrected chi connectivity index (χ1v) is 6.42. The summed E-state index contributed by atoms with van der Waals surface area (Å²) in [5.41, 5.74) is 0.421. The number of aromatic nitrogens is 2.